The first-order valence-corrected chi connectivity index (χ1v) is 8.58. The van der Waals surface area contributed by atoms with Gasteiger partial charge in [0, 0.05) is 6.92 Å². The molecule has 0 bridgehead atoms. The van der Waals surface area contributed by atoms with E-state index in [-0.39, 0.29) is 11.6 Å². The molecule has 0 aliphatic carbocycles. The average Bonchev–Trinajstić information content (AvgIpc) is 2.98. The maximum atomic E-state index is 12.1. The molecule has 0 saturated heterocycles. The Kier molecular flexibility index (Phi) is 5.57. The van der Waals surface area contributed by atoms with E-state index in [1.165, 1.54) is 6.92 Å². The van der Waals surface area contributed by atoms with Gasteiger partial charge in [-0.15, -0.1) is 0 Å². The fourth-order valence-electron chi connectivity index (χ4n) is 2.44. The predicted molar refractivity (Wildman–Crippen MR) is 101 cm³/mol. The Morgan fingerprint density at radius 1 is 1.22 bits per heavy atom. The van der Waals surface area contributed by atoms with Gasteiger partial charge in [-0.2, -0.15) is 0 Å². The Balaban J connectivity index is 1.93. The van der Waals surface area contributed by atoms with E-state index >= 15 is 0 Å². The van der Waals surface area contributed by atoms with Gasteiger partial charge in [0.25, 0.3) is 0 Å². The summed E-state index contributed by atoms with van der Waals surface area (Å²) in [5, 5.41) is 0.440. The second-order valence-electron chi connectivity index (χ2n) is 5.55. The highest BCUT2D eigenvalue weighted by Crippen LogP contribution is 2.30. The lowest BCUT2D eigenvalue weighted by Crippen LogP contribution is -2.06. The molecule has 6 nitrogen and oxygen atoms in total. The van der Waals surface area contributed by atoms with Crippen LogP contribution in [0.2, 0.25) is 5.02 Å². The van der Waals surface area contributed by atoms with E-state index in [1.807, 2.05) is 6.92 Å². The van der Waals surface area contributed by atoms with E-state index in [1.54, 1.807) is 48.5 Å². The molecule has 0 aromatic heterocycles. The monoisotopic (exact) mass is 385 g/mol. The van der Waals surface area contributed by atoms with Gasteiger partial charge >= 0.3 is 11.9 Å². The van der Waals surface area contributed by atoms with Crippen LogP contribution in [-0.2, 0) is 14.3 Å². The van der Waals surface area contributed by atoms with Crippen LogP contribution in [0, 0.1) is 0 Å². The summed E-state index contributed by atoms with van der Waals surface area (Å²) in [7, 11) is 0. The van der Waals surface area contributed by atoms with Crippen molar-refractivity contribution in [1.29, 1.82) is 0 Å². The third kappa shape index (κ3) is 4.35. The molecule has 0 saturated carbocycles. The molecule has 0 atom stereocenters. The second kappa shape index (κ2) is 8.05. The highest BCUT2D eigenvalue weighted by Gasteiger charge is 2.25. The fraction of sp³-hybridized carbons (Fsp3) is 0.150. The molecular weight excluding hydrogens is 370 g/mol. The van der Waals surface area contributed by atoms with Gasteiger partial charge in [0.15, 0.2) is 17.2 Å². The van der Waals surface area contributed by atoms with Crippen molar-refractivity contribution >= 4 is 35.5 Å². The lowest BCUT2D eigenvalue weighted by molar-refractivity contribution is -0.132. The number of esters is 2. The quantitative estimate of drug-likeness (QED) is 0.441. The first-order chi connectivity index (χ1) is 13.0. The summed E-state index contributed by atoms with van der Waals surface area (Å²) in [6.45, 7) is 3.52. The van der Waals surface area contributed by atoms with Crippen molar-refractivity contribution in [3.05, 3.63) is 64.3 Å². The molecule has 0 amide bonds. The molecule has 138 valence electrons. The minimum absolute atomic E-state index is 0.132. The van der Waals surface area contributed by atoms with Crippen LogP contribution >= 0.6 is 11.6 Å². The molecule has 1 aliphatic heterocycles. The normalized spacial score (nSPS) is 14.7. The summed E-state index contributed by atoms with van der Waals surface area (Å²) in [5.74, 6) is -0.176. The number of nitrogens with zero attached hydrogens (tertiary/aromatic N) is 1. The zero-order chi connectivity index (χ0) is 19.4. The van der Waals surface area contributed by atoms with E-state index in [0.29, 0.717) is 34.3 Å². The molecule has 27 heavy (non-hydrogen) atoms. The molecule has 0 N–H and O–H groups in total. The zero-order valence-electron chi connectivity index (χ0n) is 14.7. The number of rotatable bonds is 5. The van der Waals surface area contributed by atoms with Gasteiger partial charge in [-0.1, -0.05) is 29.8 Å². The topological polar surface area (TPSA) is 74.2 Å². The number of ether oxygens (including phenoxy) is 3. The SMILES string of the molecule is CCOc1cc(/C=C2/N=C(c3ccccc3Cl)OC2=O)ccc1OC(C)=O. The number of hydrogen-bond acceptors (Lipinski definition) is 6. The summed E-state index contributed by atoms with van der Waals surface area (Å²) in [6.07, 6.45) is 1.56. The summed E-state index contributed by atoms with van der Waals surface area (Å²) < 4.78 is 15.8. The summed E-state index contributed by atoms with van der Waals surface area (Å²) >= 11 is 6.12. The number of aliphatic imine (C=N–C) groups is 1. The summed E-state index contributed by atoms with van der Waals surface area (Å²) in [5.41, 5.74) is 1.31. The van der Waals surface area contributed by atoms with Crippen molar-refractivity contribution < 1.29 is 23.8 Å². The minimum atomic E-state index is -0.577. The van der Waals surface area contributed by atoms with Gasteiger partial charge in [-0.25, -0.2) is 9.79 Å². The zero-order valence-corrected chi connectivity index (χ0v) is 15.4. The largest absolute Gasteiger partial charge is 0.490 e. The highest BCUT2D eigenvalue weighted by atomic mass is 35.5. The van der Waals surface area contributed by atoms with Crippen molar-refractivity contribution in [2.75, 3.05) is 6.61 Å². The van der Waals surface area contributed by atoms with Crippen LogP contribution in [-0.4, -0.2) is 24.4 Å². The molecule has 3 rings (SSSR count). The number of halogens is 1. The number of hydrogen-bond donors (Lipinski definition) is 0. The summed E-state index contributed by atoms with van der Waals surface area (Å²) in [6, 6.07) is 11.9. The molecule has 1 heterocycles. The predicted octanol–water partition coefficient (Wildman–Crippen LogP) is 4.01. The third-order valence-corrected chi connectivity index (χ3v) is 3.88. The molecule has 2 aromatic rings. The Hall–Kier alpha value is -3.12. The van der Waals surface area contributed by atoms with Crippen molar-refractivity contribution in [2.24, 2.45) is 4.99 Å². The second-order valence-corrected chi connectivity index (χ2v) is 5.96. The Labute approximate surface area is 161 Å². The summed E-state index contributed by atoms with van der Waals surface area (Å²) in [4.78, 5) is 27.6. The Morgan fingerprint density at radius 3 is 2.70 bits per heavy atom. The first kappa shape index (κ1) is 18.7. The van der Waals surface area contributed by atoms with E-state index < -0.39 is 11.9 Å². The van der Waals surface area contributed by atoms with Crippen LogP contribution in [0.1, 0.15) is 25.0 Å². The van der Waals surface area contributed by atoms with E-state index in [9.17, 15) is 9.59 Å². The molecule has 0 spiro atoms. The minimum Gasteiger partial charge on any atom is -0.490 e. The van der Waals surface area contributed by atoms with Crippen LogP contribution in [0.15, 0.2) is 53.2 Å². The van der Waals surface area contributed by atoms with Crippen LogP contribution in [0.4, 0.5) is 0 Å². The molecule has 7 heteroatoms. The van der Waals surface area contributed by atoms with Crippen LogP contribution < -0.4 is 9.47 Å². The molecule has 0 unspecified atom stereocenters. The van der Waals surface area contributed by atoms with Gasteiger partial charge in [-0.3, -0.25) is 4.79 Å². The van der Waals surface area contributed by atoms with Gasteiger partial charge in [0.1, 0.15) is 0 Å². The Morgan fingerprint density at radius 2 is 2.00 bits per heavy atom. The van der Waals surface area contributed by atoms with E-state index in [4.69, 9.17) is 25.8 Å². The van der Waals surface area contributed by atoms with Gasteiger partial charge in [0.05, 0.1) is 17.2 Å². The maximum absolute atomic E-state index is 12.1. The third-order valence-electron chi connectivity index (χ3n) is 3.55. The van der Waals surface area contributed by atoms with E-state index in [0.717, 1.165) is 0 Å². The molecular formula is C20H16ClNO5. The molecule has 0 fully saturated rings. The first-order valence-electron chi connectivity index (χ1n) is 8.20. The molecule has 1 aliphatic rings. The van der Waals surface area contributed by atoms with E-state index in [2.05, 4.69) is 4.99 Å². The van der Waals surface area contributed by atoms with Crippen LogP contribution in [0.3, 0.4) is 0 Å². The average molecular weight is 386 g/mol. The molecule has 2 aromatic carbocycles. The number of carbonyl (C=O) groups is 2. The number of carbonyl (C=O) groups excluding carboxylic acids is 2. The lowest BCUT2D eigenvalue weighted by atomic mass is 10.1. The van der Waals surface area contributed by atoms with Gasteiger partial charge in [-0.05, 0) is 42.8 Å². The maximum Gasteiger partial charge on any atom is 0.363 e. The lowest BCUT2D eigenvalue weighted by Gasteiger charge is -2.10. The standard InChI is InChI=1S/C20H16ClNO5/c1-3-25-18-11-13(8-9-17(18)26-12(2)23)10-16-20(24)27-19(22-16)14-6-4-5-7-15(14)21/h4-11H,3H2,1-2H3/b16-10+. The van der Waals surface area contributed by atoms with Crippen molar-refractivity contribution in [1.82, 2.24) is 0 Å². The smallest absolute Gasteiger partial charge is 0.363 e. The van der Waals surface area contributed by atoms with Crippen LogP contribution in [0.5, 0.6) is 11.5 Å². The van der Waals surface area contributed by atoms with Gasteiger partial charge in [0.2, 0.25) is 5.90 Å². The Bertz CT molecular complexity index is 965. The van der Waals surface area contributed by atoms with Crippen LogP contribution in [0.25, 0.3) is 6.08 Å². The van der Waals surface area contributed by atoms with Crippen molar-refractivity contribution in [3.8, 4) is 11.5 Å². The van der Waals surface area contributed by atoms with Crippen molar-refractivity contribution in [3.63, 3.8) is 0 Å². The number of benzene rings is 2. The van der Waals surface area contributed by atoms with Crippen molar-refractivity contribution in [2.45, 2.75) is 13.8 Å². The molecule has 0 radical (unpaired) electrons. The number of cyclic esters (lactones) is 1. The fourth-order valence-corrected chi connectivity index (χ4v) is 2.66. The van der Waals surface area contributed by atoms with Gasteiger partial charge < -0.3 is 14.2 Å². The highest BCUT2D eigenvalue weighted by molar-refractivity contribution is 6.34.